The van der Waals surface area contributed by atoms with Crippen LogP contribution >= 0.6 is 11.5 Å². The molecule has 2 aromatic rings. The lowest BCUT2D eigenvalue weighted by molar-refractivity contribution is -0.114. The Kier molecular flexibility index (Phi) is 4.06. The van der Waals surface area contributed by atoms with E-state index in [2.05, 4.69) is 11.0 Å². The fourth-order valence-electron chi connectivity index (χ4n) is 1.71. The first-order chi connectivity index (χ1) is 9.11. The Balaban J connectivity index is 2.34. The summed E-state index contributed by atoms with van der Waals surface area (Å²) in [6.45, 7) is 5.62. The van der Waals surface area contributed by atoms with Crippen molar-refractivity contribution in [2.45, 2.75) is 13.5 Å². The second-order valence-corrected chi connectivity index (χ2v) is 4.90. The molecule has 0 bridgehead atoms. The van der Waals surface area contributed by atoms with Gasteiger partial charge in [-0.15, -0.1) is 0 Å². The Morgan fingerprint density at radius 3 is 2.84 bits per heavy atom. The Labute approximate surface area is 115 Å². The van der Waals surface area contributed by atoms with E-state index in [0.29, 0.717) is 0 Å². The van der Waals surface area contributed by atoms with Crippen molar-refractivity contribution in [2.75, 3.05) is 4.90 Å². The van der Waals surface area contributed by atoms with Gasteiger partial charge in [0.1, 0.15) is 5.82 Å². The number of aryl methyl sites for hydroxylation is 1. The van der Waals surface area contributed by atoms with Crippen LogP contribution in [-0.2, 0) is 11.3 Å². The molecule has 0 aliphatic heterocycles. The lowest BCUT2D eigenvalue weighted by Gasteiger charge is -2.20. The summed E-state index contributed by atoms with van der Waals surface area (Å²) in [6, 6.07) is 8.07. The van der Waals surface area contributed by atoms with Gasteiger partial charge in [0.15, 0.2) is 0 Å². The zero-order chi connectivity index (χ0) is 13.8. The summed E-state index contributed by atoms with van der Waals surface area (Å²) in [5.41, 5.74) is 1.14. The van der Waals surface area contributed by atoms with Gasteiger partial charge in [-0.25, -0.2) is 4.39 Å². The summed E-state index contributed by atoms with van der Waals surface area (Å²) in [7, 11) is 0. The highest BCUT2D eigenvalue weighted by molar-refractivity contribution is 7.05. The van der Waals surface area contributed by atoms with E-state index in [1.807, 2.05) is 13.0 Å². The van der Waals surface area contributed by atoms with Gasteiger partial charge < -0.3 is 4.90 Å². The lowest BCUT2D eigenvalue weighted by atomic mass is 10.2. The topological polar surface area (TPSA) is 33.2 Å². The van der Waals surface area contributed by atoms with Gasteiger partial charge in [-0.05, 0) is 42.7 Å². The number of nitrogens with zero attached hydrogens (tertiary/aromatic N) is 2. The van der Waals surface area contributed by atoms with E-state index in [-0.39, 0.29) is 18.1 Å². The molecule has 0 unspecified atom stereocenters. The van der Waals surface area contributed by atoms with E-state index in [0.717, 1.165) is 10.6 Å². The maximum Gasteiger partial charge on any atom is 0.250 e. The average Bonchev–Trinajstić information content (AvgIpc) is 2.82. The van der Waals surface area contributed by atoms with E-state index in [4.69, 9.17) is 0 Å². The number of halogens is 1. The lowest BCUT2D eigenvalue weighted by Crippen LogP contribution is -2.29. The maximum absolute atomic E-state index is 13.8. The third kappa shape index (κ3) is 3.06. The number of hydrogen-bond acceptors (Lipinski definition) is 3. The van der Waals surface area contributed by atoms with Gasteiger partial charge >= 0.3 is 0 Å². The molecule has 0 saturated heterocycles. The molecular weight excluding hydrogens is 263 g/mol. The van der Waals surface area contributed by atoms with Crippen molar-refractivity contribution < 1.29 is 9.18 Å². The first kappa shape index (κ1) is 13.4. The van der Waals surface area contributed by atoms with Gasteiger partial charge in [0.05, 0.1) is 17.9 Å². The fraction of sp³-hybridized carbons (Fsp3) is 0.143. The fourth-order valence-corrected chi connectivity index (χ4v) is 2.43. The van der Waals surface area contributed by atoms with Crippen LogP contribution in [0.4, 0.5) is 10.1 Å². The zero-order valence-corrected chi connectivity index (χ0v) is 11.3. The van der Waals surface area contributed by atoms with Crippen LogP contribution in [0.2, 0.25) is 0 Å². The summed E-state index contributed by atoms with van der Waals surface area (Å²) in [4.78, 5) is 14.2. The number of benzene rings is 1. The van der Waals surface area contributed by atoms with Crippen molar-refractivity contribution in [3.8, 4) is 0 Å². The Bertz CT molecular complexity index is 609. The molecule has 0 aliphatic rings. The smallest absolute Gasteiger partial charge is 0.250 e. The number of carbonyl (C=O) groups is 1. The van der Waals surface area contributed by atoms with Gasteiger partial charge in [0.2, 0.25) is 0 Å². The second kappa shape index (κ2) is 5.75. The molecular formula is C14H13FN2OS. The summed E-state index contributed by atoms with van der Waals surface area (Å²) in [5, 5.41) is 0. The zero-order valence-electron chi connectivity index (χ0n) is 10.5. The number of para-hydroxylation sites is 1. The van der Waals surface area contributed by atoms with Gasteiger partial charge in [-0.2, -0.15) is 4.37 Å². The van der Waals surface area contributed by atoms with E-state index >= 15 is 0 Å². The van der Waals surface area contributed by atoms with Gasteiger partial charge in [-0.1, -0.05) is 18.7 Å². The van der Waals surface area contributed by atoms with Crippen LogP contribution in [0.25, 0.3) is 0 Å². The monoisotopic (exact) mass is 276 g/mol. The molecule has 3 nitrogen and oxygen atoms in total. The molecule has 1 amide bonds. The van der Waals surface area contributed by atoms with Gasteiger partial charge in [-0.3, -0.25) is 4.79 Å². The van der Waals surface area contributed by atoms with Gasteiger partial charge in [0.25, 0.3) is 5.91 Å². The quantitative estimate of drug-likeness (QED) is 0.803. The molecule has 0 spiro atoms. The molecule has 0 N–H and O–H groups in total. The third-order valence-corrected chi connectivity index (χ3v) is 3.44. The summed E-state index contributed by atoms with van der Waals surface area (Å²) < 4.78 is 18.0. The number of carbonyl (C=O) groups excluding carboxylic acids is 1. The number of aromatic nitrogens is 1. The highest BCUT2D eigenvalue weighted by Crippen LogP contribution is 2.23. The number of amides is 1. The van der Waals surface area contributed by atoms with Crippen molar-refractivity contribution in [2.24, 2.45) is 0 Å². The third-order valence-electron chi connectivity index (χ3n) is 2.57. The van der Waals surface area contributed by atoms with Crippen LogP contribution in [0.3, 0.4) is 0 Å². The highest BCUT2D eigenvalue weighted by atomic mass is 32.1. The molecule has 0 fully saturated rings. The number of rotatable bonds is 4. The summed E-state index contributed by atoms with van der Waals surface area (Å²) in [6.07, 6.45) is 1.18. The minimum absolute atomic E-state index is 0.249. The maximum atomic E-state index is 13.8. The van der Waals surface area contributed by atoms with Crippen molar-refractivity contribution in [1.82, 2.24) is 4.37 Å². The molecule has 1 aromatic heterocycles. The predicted octanol–water partition coefficient (Wildman–Crippen LogP) is 3.31. The largest absolute Gasteiger partial charge is 0.301 e. The number of anilines is 1. The summed E-state index contributed by atoms with van der Waals surface area (Å²) >= 11 is 1.31. The van der Waals surface area contributed by atoms with Crippen molar-refractivity contribution in [3.05, 3.63) is 59.4 Å². The molecule has 1 aromatic carbocycles. The Morgan fingerprint density at radius 2 is 2.26 bits per heavy atom. The molecule has 0 radical (unpaired) electrons. The average molecular weight is 276 g/mol. The van der Waals surface area contributed by atoms with E-state index in [1.165, 1.54) is 28.6 Å². The second-order valence-electron chi connectivity index (χ2n) is 4.01. The molecule has 5 heteroatoms. The number of hydrogen-bond donors (Lipinski definition) is 0. The van der Waals surface area contributed by atoms with Crippen LogP contribution in [0.5, 0.6) is 0 Å². The van der Waals surface area contributed by atoms with Crippen molar-refractivity contribution in [1.29, 1.82) is 0 Å². The molecule has 0 saturated carbocycles. The minimum Gasteiger partial charge on any atom is -0.301 e. The first-order valence-electron chi connectivity index (χ1n) is 5.72. The van der Waals surface area contributed by atoms with Crippen molar-refractivity contribution in [3.63, 3.8) is 0 Å². The standard InChI is InChI=1S/C14H13FN2OS/c1-3-14(18)17(9-11-8-10(2)16-19-11)13-7-5-4-6-12(13)15/h3-8H,1,9H2,2H3. The molecule has 0 aliphatic carbocycles. The Hall–Kier alpha value is -2.01. The molecule has 98 valence electrons. The normalized spacial score (nSPS) is 10.2. The van der Waals surface area contributed by atoms with Crippen LogP contribution in [0.15, 0.2) is 43.0 Å². The summed E-state index contributed by atoms with van der Waals surface area (Å²) in [5.74, 6) is -0.768. The SMILES string of the molecule is C=CC(=O)N(Cc1cc(C)ns1)c1ccccc1F. The van der Waals surface area contributed by atoms with Crippen LogP contribution in [-0.4, -0.2) is 10.3 Å². The molecule has 0 atom stereocenters. The van der Waals surface area contributed by atoms with E-state index in [1.54, 1.807) is 18.2 Å². The van der Waals surface area contributed by atoms with Crippen LogP contribution in [0, 0.1) is 12.7 Å². The van der Waals surface area contributed by atoms with Gasteiger partial charge in [0, 0.05) is 4.88 Å². The Morgan fingerprint density at radius 1 is 1.53 bits per heavy atom. The van der Waals surface area contributed by atoms with Crippen LogP contribution in [0.1, 0.15) is 10.6 Å². The van der Waals surface area contributed by atoms with E-state index in [9.17, 15) is 9.18 Å². The molecule has 19 heavy (non-hydrogen) atoms. The minimum atomic E-state index is -0.432. The van der Waals surface area contributed by atoms with E-state index < -0.39 is 5.82 Å². The first-order valence-corrected chi connectivity index (χ1v) is 6.50. The molecule has 1 heterocycles. The predicted molar refractivity (Wildman–Crippen MR) is 74.6 cm³/mol. The molecule has 2 rings (SSSR count). The van der Waals surface area contributed by atoms with Crippen molar-refractivity contribution >= 4 is 23.1 Å². The highest BCUT2D eigenvalue weighted by Gasteiger charge is 2.17. The van der Waals surface area contributed by atoms with Crippen LogP contribution < -0.4 is 4.90 Å².